The molecule has 2 aromatic rings. The molecule has 0 aliphatic heterocycles. The normalized spacial score (nSPS) is 10.6. The Labute approximate surface area is 94.9 Å². The van der Waals surface area contributed by atoms with Crippen LogP contribution in [0.2, 0.25) is 0 Å². The zero-order valence-corrected chi connectivity index (χ0v) is 9.62. The van der Waals surface area contributed by atoms with Gasteiger partial charge in [-0.3, -0.25) is 0 Å². The third kappa shape index (κ3) is 1.74. The van der Waals surface area contributed by atoms with Gasteiger partial charge in [-0.1, -0.05) is 0 Å². The van der Waals surface area contributed by atoms with Gasteiger partial charge >= 0.3 is 0 Å². The molecule has 0 bridgehead atoms. The summed E-state index contributed by atoms with van der Waals surface area (Å²) in [4.78, 5) is 4.06. The zero-order valence-electron chi connectivity index (χ0n) is 8.04. The molecule has 1 aromatic heterocycles. The van der Waals surface area contributed by atoms with E-state index >= 15 is 0 Å². The minimum Gasteiger partial charge on any atom is -0.397 e. The van der Waals surface area contributed by atoms with Crippen molar-refractivity contribution in [3.8, 4) is 5.69 Å². The molecule has 5 heteroatoms. The summed E-state index contributed by atoms with van der Waals surface area (Å²) in [6, 6.07) is 2.93. The molecule has 1 aromatic carbocycles. The Morgan fingerprint density at radius 3 is 2.80 bits per heavy atom. The lowest BCUT2D eigenvalue weighted by molar-refractivity contribution is 0.620. The fourth-order valence-corrected chi connectivity index (χ4v) is 1.75. The minimum absolute atomic E-state index is 0.340. The maximum absolute atomic E-state index is 13.3. The lowest BCUT2D eigenvalue weighted by Gasteiger charge is -2.09. The largest absolute Gasteiger partial charge is 0.397 e. The SMILES string of the molecule is Cc1nccn1-c1cc(F)c(Br)cc1N. The summed E-state index contributed by atoms with van der Waals surface area (Å²) < 4.78 is 15.5. The molecule has 0 fully saturated rings. The highest BCUT2D eigenvalue weighted by molar-refractivity contribution is 9.10. The van der Waals surface area contributed by atoms with Gasteiger partial charge in [0, 0.05) is 18.5 Å². The third-order valence-corrected chi connectivity index (χ3v) is 2.76. The fraction of sp³-hybridized carbons (Fsp3) is 0.100. The summed E-state index contributed by atoms with van der Waals surface area (Å²) in [7, 11) is 0. The smallest absolute Gasteiger partial charge is 0.139 e. The molecule has 0 unspecified atom stereocenters. The fourth-order valence-electron chi connectivity index (χ4n) is 1.39. The molecule has 2 rings (SSSR count). The van der Waals surface area contributed by atoms with Crippen molar-refractivity contribution < 1.29 is 4.39 Å². The van der Waals surface area contributed by atoms with Gasteiger partial charge in [-0.25, -0.2) is 9.37 Å². The first kappa shape index (κ1) is 10.2. The number of rotatable bonds is 1. The van der Waals surface area contributed by atoms with Crippen LogP contribution in [0.3, 0.4) is 0 Å². The Kier molecular flexibility index (Phi) is 2.48. The maximum Gasteiger partial charge on any atom is 0.139 e. The number of imidazole rings is 1. The Morgan fingerprint density at radius 2 is 2.20 bits per heavy atom. The van der Waals surface area contributed by atoms with E-state index in [4.69, 9.17) is 5.73 Å². The van der Waals surface area contributed by atoms with Crippen molar-refractivity contribution in [2.45, 2.75) is 6.92 Å². The van der Waals surface area contributed by atoms with Crippen LogP contribution in [0.5, 0.6) is 0 Å². The number of anilines is 1. The van der Waals surface area contributed by atoms with Crippen molar-refractivity contribution in [3.63, 3.8) is 0 Å². The van der Waals surface area contributed by atoms with Crippen molar-refractivity contribution in [1.82, 2.24) is 9.55 Å². The van der Waals surface area contributed by atoms with Gasteiger partial charge < -0.3 is 10.3 Å². The molecular weight excluding hydrogens is 261 g/mol. The number of aromatic nitrogens is 2. The van der Waals surface area contributed by atoms with Crippen molar-refractivity contribution in [2.75, 3.05) is 5.73 Å². The summed E-state index contributed by atoms with van der Waals surface area (Å²) in [5.74, 6) is 0.427. The van der Waals surface area contributed by atoms with E-state index in [1.807, 2.05) is 6.92 Å². The number of halogens is 2. The maximum atomic E-state index is 13.3. The van der Waals surface area contributed by atoms with Crippen LogP contribution in [0.15, 0.2) is 29.0 Å². The van der Waals surface area contributed by atoms with Crippen molar-refractivity contribution in [2.24, 2.45) is 0 Å². The van der Waals surface area contributed by atoms with Crippen LogP contribution in [0.4, 0.5) is 10.1 Å². The Hall–Kier alpha value is -1.36. The summed E-state index contributed by atoms with van der Waals surface area (Å²) in [5.41, 5.74) is 6.91. The molecule has 0 amide bonds. The molecule has 15 heavy (non-hydrogen) atoms. The first-order chi connectivity index (χ1) is 7.09. The van der Waals surface area contributed by atoms with Gasteiger partial charge in [-0.2, -0.15) is 0 Å². The van der Waals surface area contributed by atoms with Crippen LogP contribution < -0.4 is 5.73 Å². The standard InChI is InChI=1S/C10H9BrFN3/c1-6-14-2-3-15(6)10-5-8(12)7(11)4-9(10)13/h2-5H,13H2,1H3. The van der Waals surface area contributed by atoms with Gasteiger partial charge in [0.15, 0.2) is 0 Å². The second-order valence-corrected chi connectivity index (χ2v) is 4.02. The number of nitrogens with two attached hydrogens (primary N) is 1. The molecule has 0 atom stereocenters. The van der Waals surface area contributed by atoms with Gasteiger partial charge in [0.1, 0.15) is 11.6 Å². The number of benzene rings is 1. The van der Waals surface area contributed by atoms with Gasteiger partial charge in [0.2, 0.25) is 0 Å². The number of aryl methyl sites for hydroxylation is 1. The van der Waals surface area contributed by atoms with Crippen LogP contribution in [-0.2, 0) is 0 Å². The number of nitrogens with zero attached hydrogens (tertiary/aromatic N) is 2. The molecule has 0 saturated carbocycles. The first-order valence-corrected chi connectivity index (χ1v) is 5.13. The van der Waals surface area contributed by atoms with E-state index in [2.05, 4.69) is 20.9 Å². The van der Waals surface area contributed by atoms with Crippen LogP contribution >= 0.6 is 15.9 Å². The lowest BCUT2D eigenvalue weighted by Crippen LogP contribution is -2.01. The molecule has 0 aliphatic rings. The Balaban J connectivity index is 2.64. The van der Waals surface area contributed by atoms with E-state index in [9.17, 15) is 4.39 Å². The number of hydrogen-bond acceptors (Lipinski definition) is 2. The molecule has 0 saturated heterocycles. The van der Waals surface area contributed by atoms with E-state index in [-0.39, 0.29) is 5.82 Å². The molecule has 0 radical (unpaired) electrons. The quantitative estimate of drug-likeness (QED) is 0.809. The van der Waals surface area contributed by atoms with E-state index in [0.717, 1.165) is 5.82 Å². The second-order valence-electron chi connectivity index (χ2n) is 3.17. The highest BCUT2D eigenvalue weighted by atomic mass is 79.9. The Bertz CT molecular complexity index is 507. The van der Waals surface area contributed by atoms with E-state index in [0.29, 0.717) is 15.8 Å². The minimum atomic E-state index is -0.340. The van der Waals surface area contributed by atoms with Crippen molar-refractivity contribution in [3.05, 3.63) is 40.6 Å². The van der Waals surface area contributed by atoms with Crippen molar-refractivity contribution in [1.29, 1.82) is 0 Å². The van der Waals surface area contributed by atoms with Crippen LogP contribution in [0.1, 0.15) is 5.82 Å². The van der Waals surface area contributed by atoms with E-state index < -0.39 is 0 Å². The summed E-state index contributed by atoms with van der Waals surface area (Å²) >= 11 is 3.08. The lowest BCUT2D eigenvalue weighted by atomic mass is 10.2. The summed E-state index contributed by atoms with van der Waals surface area (Å²) in [5, 5.41) is 0. The first-order valence-electron chi connectivity index (χ1n) is 4.34. The molecule has 0 aliphatic carbocycles. The van der Waals surface area contributed by atoms with E-state index in [1.165, 1.54) is 6.07 Å². The summed E-state index contributed by atoms with van der Waals surface area (Å²) in [6.07, 6.45) is 3.39. The van der Waals surface area contributed by atoms with Gasteiger partial charge in [-0.15, -0.1) is 0 Å². The van der Waals surface area contributed by atoms with Crippen LogP contribution in [0, 0.1) is 12.7 Å². The van der Waals surface area contributed by atoms with Crippen LogP contribution in [0.25, 0.3) is 5.69 Å². The predicted molar refractivity (Wildman–Crippen MR) is 60.4 cm³/mol. The van der Waals surface area contributed by atoms with Gasteiger partial charge in [0.25, 0.3) is 0 Å². The molecule has 1 heterocycles. The molecular formula is C10H9BrFN3. The zero-order chi connectivity index (χ0) is 11.0. The average molecular weight is 270 g/mol. The summed E-state index contributed by atoms with van der Waals surface area (Å²) in [6.45, 7) is 1.83. The van der Waals surface area contributed by atoms with Gasteiger partial charge in [-0.05, 0) is 28.9 Å². The highest BCUT2D eigenvalue weighted by Gasteiger charge is 2.09. The second kappa shape index (κ2) is 3.66. The van der Waals surface area contributed by atoms with Crippen molar-refractivity contribution >= 4 is 21.6 Å². The molecule has 0 spiro atoms. The number of hydrogen-bond donors (Lipinski definition) is 1. The van der Waals surface area contributed by atoms with E-state index in [1.54, 1.807) is 23.0 Å². The highest BCUT2D eigenvalue weighted by Crippen LogP contribution is 2.25. The average Bonchev–Trinajstić information content (AvgIpc) is 2.58. The number of nitrogen functional groups attached to an aromatic ring is 1. The Morgan fingerprint density at radius 1 is 1.47 bits per heavy atom. The monoisotopic (exact) mass is 269 g/mol. The molecule has 2 N–H and O–H groups in total. The molecule has 3 nitrogen and oxygen atoms in total. The van der Waals surface area contributed by atoms with Gasteiger partial charge in [0.05, 0.1) is 15.8 Å². The third-order valence-electron chi connectivity index (χ3n) is 2.15. The predicted octanol–water partition coefficient (Wildman–Crippen LogP) is 2.66. The molecule has 78 valence electrons. The van der Waals surface area contributed by atoms with Crippen LogP contribution in [-0.4, -0.2) is 9.55 Å². The topological polar surface area (TPSA) is 43.8 Å².